The normalized spacial score (nSPS) is 10.2. The number of nitrogens with one attached hydrogen (secondary N) is 1. The van der Waals surface area contributed by atoms with E-state index < -0.39 is 4.92 Å². The van der Waals surface area contributed by atoms with E-state index in [4.69, 9.17) is 16.3 Å². The first-order valence-electron chi connectivity index (χ1n) is 5.64. The number of aromatic nitrogens is 2. The number of hydrogen-bond acceptors (Lipinski definition) is 6. The smallest absolute Gasteiger partial charge is 0.313 e. The zero-order valence-corrected chi connectivity index (χ0v) is 11.5. The van der Waals surface area contributed by atoms with Crippen molar-refractivity contribution < 1.29 is 9.66 Å². The Kier molecular flexibility index (Phi) is 3.99. The van der Waals surface area contributed by atoms with Crippen molar-refractivity contribution in [3.8, 4) is 11.6 Å². The van der Waals surface area contributed by atoms with Gasteiger partial charge in [-0.1, -0.05) is 11.6 Å². The highest BCUT2D eigenvalue weighted by molar-refractivity contribution is 6.30. The van der Waals surface area contributed by atoms with E-state index in [1.54, 1.807) is 14.0 Å². The molecule has 2 aromatic rings. The first-order chi connectivity index (χ1) is 9.52. The molecule has 1 aromatic carbocycles. The van der Waals surface area contributed by atoms with Gasteiger partial charge >= 0.3 is 5.69 Å². The minimum absolute atomic E-state index is 0.0725. The number of halogens is 1. The zero-order valence-electron chi connectivity index (χ0n) is 10.8. The topological polar surface area (TPSA) is 90.2 Å². The van der Waals surface area contributed by atoms with Crippen molar-refractivity contribution in [2.45, 2.75) is 6.92 Å². The first kappa shape index (κ1) is 14.0. The SMILES string of the molecule is CNc1ncnc(Oc2ccc(Cl)cc2[N+](=O)[O-])c1C. The molecule has 0 aliphatic carbocycles. The number of anilines is 1. The molecule has 0 aliphatic rings. The molecule has 0 radical (unpaired) electrons. The predicted octanol–water partition coefficient (Wildman–Crippen LogP) is 3.18. The van der Waals surface area contributed by atoms with Gasteiger partial charge in [0, 0.05) is 18.1 Å². The van der Waals surface area contributed by atoms with E-state index in [2.05, 4.69) is 15.3 Å². The summed E-state index contributed by atoms with van der Waals surface area (Å²) < 4.78 is 5.51. The summed E-state index contributed by atoms with van der Waals surface area (Å²) in [5, 5.41) is 14.1. The molecule has 1 heterocycles. The van der Waals surface area contributed by atoms with Crippen LogP contribution in [0.4, 0.5) is 11.5 Å². The Morgan fingerprint density at radius 3 is 2.80 bits per heavy atom. The third kappa shape index (κ3) is 2.77. The monoisotopic (exact) mass is 294 g/mol. The van der Waals surface area contributed by atoms with E-state index in [-0.39, 0.29) is 22.3 Å². The third-order valence-corrected chi connectivity index (χ3v) is 2.83. The summed E-state index contributed by atoms with van der Waals surface area (Å²) in [5.41, 5.74) is 0.431. The molecule has 8 heteroatoms. The Morgan fingerprint density at radius 2 is 2.15 bits per heavy atom. The van der Waals surface area contributed by atoms with Gasteiger partial charge in [0.2, 0.25) is 11.6 Å². The zero-order chi connectivity index (χ0) is 14.7. The molecule has 0 amide bonds. The lowest BCUT2D eigenvalue weighted by Gasteiger charge is -2.10. The molecule has 0 bridgehead atoms. The molecule has 0 spiro atoms. The van der Waals surface area contributed by atoms with Crippen molar-refractivity contribution in [3.05, 3.63) is 45.2 Å². The quantitative estimate of drug-likeness (QED) is 0.688. The van der Waals surface area contributed by atoms with Crippen LogP contribution in [0.25, 0.3) is 0 Å². The average Bonchev–Trinajstić information content (AvgIpc) is 2.42. The average molecular weight is 295 g/mol. The van der Waals surface area contributed by atoms with E-state index in [0.29, 0.717) is 11.4 Å². The van der Waals surface area contributed by atoms with Gasteiger partial charge < -0.3 is 10.1 Å². The van der Waals surface area contributed by atoms with Crippen LogP contribution in [0.1, 0.15) is 5.56 Å². The molecular formula is C12H11ClN4O3. The predicted molar refractivity (Wildman–Crippen MR) is 74.5 cm³/mol. The maximum absolute atomic E-state index is 11.0. The molecule has 104 valence electrons. The number of hydrogen-bond donors (Lipinski definition) is 1. The van der Waals surface area contributed by atoms with Gasteiger partial charge in [0.05, 0.1) is 10.5 Å². The van der Waals surface area contributed by atoms with Crippen LogP contribution in [-0.2, 0) is 0 Å². The molecule has 0 aliphatic heterocycles. The fourth-order valence-electron chi connectivity index (χ4n) is 1.61. The summed E-state index contributed by atoms with van der Waals surface area (Å²) in [7, 11) is 1.71. The molecule has 0 fully saturated rings. The van der Waals surface area contributed by atoms with Crippen LogP contribution in [0.3, 0.4) is 0 Å². The minimum atomic E-state index is -0.559. The second kappa shape index (κ2) is 5.70. The van der Waals surface area contributed by atoms with Gasteiger partial charge in [-0.2, -0.15) is 0 Å². The van der Waals surface area contributed by atoms with Crippen LogP contribution < -0.4 is 10.1 Å². The molecule has 2 rings (SSSR count). The number of ether oxygens (including phenoxy) is 1. The van der Waals surface area contributed by atoms with Crippen molar-refractivity contribution in [3.63, 3.8) is 0 Å². The van der Waals surface area contributed by atoms with E-state index >= 15 is 0 Å². The van der Waals surface area contributed by atoms with Gasteiger partial charge in [-0.25, -0.2) is 9.97 Å². The molecule has 7 nitrogen and oxygen atoms in total. The van der Waals surface area contributed by atoms with E-state index in [1.165, 1.54) is 24.5 Å². The molecule has 1 N–H and O–H groups in total. The Balaban J connectivity index is 2.42. The minimum Gasteiger partial charge on any atom is -0.431 e. The van der Waals surface area contributed by atoms with Gasteiger partial charge in [0.25, 0.3) is 0 Å². The van der Waals surface area contributed by atoms with Gasteiger partial charge in [-0.15, -0.1) is 0 Å². The first-order valence-corrected chi connectivity index (χ1v) is 6.02. The van der Waals surface area contributed by atoms with Crippen LogP contribution in [0.2, 0.25) is 5.02 Å². The summed E-state index contributed by atoms with van der Waals surface area (Å²) in [6.07, 6.45) is 1.32. The van der Waals surface area contributed by atoms with Crippen molar-refractivity contribution in [2.75, 3.05) is 12.4 Å². The summed E-state index contributed by atoms with van der Waals surface area (Å²) in [6, 6.07) is 4.17. The Labute approximate surface area is 119 Å². The van der Waals surface area contributed by atoms with Gasteiger partial charge in [-0.05, 0) is 19.1 Å². The summed E-state index contributed by atoms with van der Waals surface area (Å²) in [6.45, 7) is 1.75. The van der Waals surface area contributed by atoms with Gasteiger partial charge in [-0.3, -0.25) is 10.1 Å². The lowest BCUT2D eigenvalue weighted by Crippen LogP contribution is -2.01. The number of rotatable bonds is 4. The molecule has 0 atom stereocenters. The summed E-state index contributed by atoms with van der Waals surface area (Å²) in [4.78, 5) is 18.4. The van der Waals surface area contributed by atoms with Crippen LogP contribution in [0.5, 0.6) is 11.6 Å². The standard InChI is InChI=1S/C12H11ClN4O3/c1-7-11(14-2)15-6-16-12(7)20-10-4-3-8(13)5-9(10)17(18)19/h3-6H,1-2H3,(H,14,15,16). The molecule has 0 saturated heterocycles. The van der Waals surface area contributed by atoms with E-state index in [1.807, 2.05) is 0 Å². The fourth-order valence-corrected chi connectivity index (χ4v) is 1.78. The van der Waals surface area contributed by atoms with Gasteiger partial charge in [0.1, 0.15) is 12.1 Å². The third-order valence-electron chi connectivity index (χ3n) is 2.60. The molecule has 0 saturated carbocycles. The van der Waals surface area contributed by atoms with E-state index in [9.17, 15) is 10.1 Å². The number of nitro benzene ring substituents is 1. The number of nitro groups is 1. The highest BCUT2D eigenvalue weighted by Crippen LogP contribution is 2.34. The van der Waals surface area contributed by atoms with Crippen molar-refractivity contribution >= 4 is 23.1 Å². The molecule has 20 heavy (non-hydrogen) atoms. The van der Waals surface area contributed by atoms with Crippen LogP contribution in [0.15, 0.2) is 24.5 Å². The largest absolute Gasteiger partial charge is 0.431 e. The number of benzene rings is 1. The lowest BCUT2D eigenvalue weighted by molar-refractivity contribution is -0.385. The highest BCUT2D eigenvalue weighted by Gasteiger charge is 2.18. The van der Waals surface area contributed by atoms with Crippen molar-refractivity contribution in [1.82, 2.24) is 9.97 Å². The van der Waals surface area contributed by atoms with Crippen LogP contribution in [0, 0.1) is 17.0 Å². The Hall–Kier alpha value is -2.41. The molecular weight excluding hydrogens is 284 g/mol. The van der Waals surface area contributed by atoms with Gasteiger partial charge in [0.15, 0.2) is 0 Å². The summed E-state index contributed by atoms with van der Waals surface area (Å²) >= 11 is 5.75. The highest BCUT2D eigenvalue weighted by atomic mass is 35.5. The Morgan fingerprint density at radius 1 is 1.40 bits per heavy atom. The second-order valence-electron chi connectivity index (χ2n) is 3.87. The van der Waals surface area contributed by atoms with Crippen molar-refractivity contribution in [1.29, 1.82) is 0 Å². The maximum Gasteiger partial charge on any atom is 0.313 e. The van der Waals surface area contributed by atoms with Crippen LogP contribution in [-0.4, -0.2) is 21.9 Å². The van der Waals surface area contributed by atoms with Crippen molar-refractivity contribution in [2.24, 2.45) is 0 Å². The molecule has 1 aromatic heterocycles. The molecule has 0 unspecified atom stereocenters. The maximum atomic E-state index is 11.0. The second-order valence-corrected chi connectivity index (χ2v) is 4.31. The lowest BCUT2D eigenvalue weighted by atomic mass is 10.3. The summed E-state index contributed by atoms with van der Waals surface area (Å²) in [5.74, 6) is 0.907. The number of nitrogens with zero attached hydrogens (tertiary/aromatic N) is 3. The van der Waals surface area contributed by atoms with E-state index in [0.717, 1.165) is 0 Å². The van der Waals surface area contributed by atoms with Crippen LogP contribution >= 0.6 is 11.6 Å². The fraction of sp³-hybridized carbons (Fsp3) is 0.167. The Bertz CT molecular complexity index is 663.